The summed E-state index contributed by atoms with van der Waals surface area (Å²) in [5.41, 5.74) is 1.34. The zero-order valence-corrected chi connectivity index (χ0v) is 23.4. The topological polar surface area (TPSA) is 42.2 Å². The second kappa shape index (κ2) is 13.1. The van der Waals surface area contributed by atoms with Gasteiger partial charge in [0, 0.05) is 22.7 Å². The van der Waals surface area contributed by atoms with Crippen LogP contribution < -0.4 is 17.7 Å². The number of anilines is 1. The number of benzene rings is 2. The van der Waals surface area contributed by atoms with E-state index in [4.69, 9.17) is 16.0 Å². The van der Waals surface area contributed by atoms with E-state index in [2.05, 4.69) is 18.9 Å². The van der Waals surface area contributed by atoms with E-state index < -0.39 is 23.4 Å². The lowest BCUT2D eigenvalue weighted by Crippen LogP contribution is -3.00. The van der Waals surface area contributed by atoms with Gasteiger partial charge in [0.25, 0.3) is 5.91 Å². The van der Waals surface area contributed by atoms with Gasteiger partial charge in [0.1, 0.15) is 5.76 Å². The Kier molecular flexibility index (Phi) is 10.3. The Morgan fingerprint density at radius 2 is 1.74 bits per heavy atom. The van der Waals surface area contributed by atoms with E-state index in [0.29, 0.717) is 22.3 Å². The molecule has 1 atom stereocenters. The number of hydrogen-bond acceptors (Lipinski definition) is 2. The maximum Gasteiger partial charge on any atom is 0.450 e. The van der Waals surface area contributed by atoms with E-state index >= 15 is 0 Å². The van der Waals surface area contributed by atoms with Gasteiger partial charge in [0.2, 0.25) is 5.76 Å². The number of halogens is 5. The smallest absolute Gasteiger partial charge is 0.450 e. The number of nitrogens with one attached hydrogen (secondary N) is 1. The fourth-order valence-corrected chi connectivity index (χ4v) is 5.41. The lowest BCUT2D eigenvalue weighted by atomic mass is 9.92. The summed E-state index contributed by atoms with van der Waals surface area (Å²) in [6, 6.07) is 15.2. The summed E-state index contributed by atoms with van der Waals surface area (Å²) in [6.45, 7) is 5.86. The van der Waals surface area contributed by atoms with Crippen LogP contribution in [0.15, 0.2) is 71.7 Å². The molecule has 2 aromatic carbocycles. The maximum absolute atomic E-state index is 13.7. The lowest BCUT2D eigenvalue weighted by molar-refractivity contribution is -0.929. The molecule has 1 fully saturated rings. The zero-order chi connectivity index (χ0) is 27.3. The molecule has 1 aliphatic rings. The quantitative estimate of drug-likeness (QED) is 0.272. The van der Waals surface area contributed by atoms with Gasteiger partial charge < -0.3 is 26.6 Å². The van der Waals surface area contributed by atoms with E-state index in [0.717, 1.165) is 35.6 Å². The fraction of sp³-hybridized carbons (Fsp3) is 0.367. The third-order valence-electron chi connectivity index (χ3n) is 7.49. The van der Waals surface area contributed by atoms with Crippen LogP contribution in [0.4, 0.5) is 18.9 Å². The Labute approximate surface area is 238 Å². The molecule has 4 rings (SSSR count). The standard InChI is InChI=1S/C30H32ClF3N2O2.ClH/c1-3-18-36(2,25-7-5-4-6-8-25)19-17-21-9-15-24(16-10-21)35-29(37)26-20-27(38-28(26)30(32,33)34)22-11-13-23(31)14-12-22;/h3,9-16,20,25H,1,4-8,17-19H2,2H3;1H. The number of likely N-dealkylation sites (N-methyl/N-ethyl adjacent to an activating group) is 1. The highest BCUT2D eigenvalue weighted by molar-refractivity contribution is 6.30. The van der Waals surface area contributed by atoms with Crippen molar-refractivity contribution in [2.24, 2.45) is 0 Å². The minimum atomic E-state index is -4.82. The van der Waals surface area contributed by atoms with E-state index in [-0.39, 0.29) is 18.2 Å². The van der Waals surface area contributed by atoms with Gasteiger partial charge in [-0.3, -0.25) is 4.79 Å². The molecule has 1 heterocycles. The Morgan fingerprint density at radius 3 is 2.33 bits per heavy atom. The summed E-state index contributed by atoms with van der Waals surface area (Å²) < 4.78 is 47.0. The molecule has 1 aromatic heterocycles. The van der Waals surface area contributed by atoms with Crippen LogP contribution in [0.2, 0.25) is 5.02 Å². The fourth-order valence-electron chi connectivity index (χ4n) is 5.29. The molecule has 39 heavy (non-hydrogen) atoms. The van der Waals surface area contributed by atoms with Crippen LogP contribution in [0, 0.1) is 0 Å². The molecule has 1 saturated carbocycles. The number of furan rings is 1. The van der Waals surface area contributed by atoms with Gasteiger partial charge in [-0.1, -0.05) is 36.7 Å². The second-order valence-corrected chi connectivity index (χ2v) is 10.7. The maximum atomic E-state index is 13.7. The molecule has 1 N–H and O–H groups in total. The first kappa shape index (κ1) is 30.8. The molecule has 210 valence electrons. The molecule has 1 amide bonds. The van der Waals surface area contributed by atoms with Crippen molar-refractivity contribution in [3.63, 3.8) is 0 Å². The third kappa shape index (κ3) is 7.68. The molecule has 4 nitrogen and oxygen atoms in total. The van der Waals surface area contributed by atoms with Crippen LogP contribution in [0.3, 0.4) is 0 Å². The van der Waals surface area contributed by atoms with Gasteiger partial charge in [-0.2, -0.15) is 13.2 Å². The van der Waals surface area contributed by atoms with Crippen molar-refractivity contribution in [1.82, 2.24) is 0 Å². The minimum Gasteiger partial charge on any atom is -1.00 e. The SMILES string of the molecule is C=CC[N+](C)(CCc1ccc(NC(=O)c2cc(-c3ccc(Cl)cc3)oc2C(F)(F)F)cc1)C1CCCCC1.[Cl-]. The molecule has 0 aliphatic heterocycles. The summed E-state index contributed by atoms with van der Waals surface area (Å²) in [5.74, 6) is -2.28. The average Bonchev–Trinajstić information content (AvgIpc) is 3.36. The van der Waals surface area contributed by atoms with Crippen LogP contribution in [0.1, 0.15) is 53.8 Å². The van der Waals surface area contributed by atoms with Gasteiger partial charge in [-0.05, 0) is 79.8 Å². The van der Waals surface area contributed by atoms with Gasteiger partial charge >= 0.3 is 6.18 Å². The zero-order valence-electron chi connectivity index (χ0n) is 21.9. The monoisotopic (exact) mass is 580 g/mol. The van der Waals surface area contributed by atoms with Crippen molar-refractivity contribution in [2.45, 2.75) is 50.7 Å². The summed E-state index contributed by atoms with van der Waals surface area (Å²) in [5, 5.41) is 3.02. The van der Waals surface area contributed by atoms with Crippen LogP contribution in [0.25, 0.3) is 11.3 Å². The predicted octanol–water partition coefficient (Wildman–Crippen LogP) is 5.38. The Balaban J connectivity index is 0.00000420. The van der Waals surface area contributed by atoms with Gasteiger partial charge in [0.05, 0.1) is 31.7 Å². The first-order valence-corrected chi connectivity index (χ1v) is 13.3. The van der Waals surface area contributed by atoms with Gasteiger partial charge in [0.15, 0.2) is 0 Å². The van der Waals surface area contributed by atoms with Crippen molar-refractivity contribution in [3.8, 4) is 11.3 Å². The van der Waals surface area contributed by atoms with E-state index in [9.17, 15) is 18.0 Å². The molecule has 1 aliphatic carbocycles. The van der Waals surface area contributed by atoms with Crippen molar-refractivity contribution in [3.05, 3.63) is 89.2 Å². The van der Waals surface area contributed by atoms with Crippen molar-refractivity contribution >= 4 is 23.2 Å². The molecular formula is C30H33Cl2F3N2O2. The van der Waals surface area contributed by atoms with Crippen molar-refractivity contribution in [1.29, 1.82) is 0 Å². The highest BCUT2D eigenvalue weighted by atomic mass is 35.5. The molecule has 9 heteroatoms. The molecule has 0 radical (unpaired) electrons. The number of carbonyl (C=O) groups is 1. The Bertz CT molecular complexity index is 1250. The van der Waals surface area contributed by atoms with Crippen molar-refractivity contribution in [2.75, 3.05) is 25.5 Å². The number of amides is 1. The summed E-state index contributed by atoms with van der Waals surface area (Å²) in [4.78, 5) is 12.9. The van der Waals surface area contributed by atoms with E-state index in [1.54, 1.807) is 24.3 Å². The first-order valence-electron chi connectivity index (χ1n) is 12.9. The minimum absolute atomic E-state index is 0. The number of quaternary nitrogens is 1. The Morgan fingerprint density at radius 1 is 1.10 bits per heavy atom. The van der Waals surface area contributed by atoms with E-state index in [1.807, 2.05) is 18.2 Å². The van der Waals surface area contributed by atoms with Crippen LogP contribution >= 0.6 is 11.6 Å². The van der Waals surface area contributed by atoms with Crippen LogP contribution in [-0.2, 0) is 12.6 Å². The number of rotatable bonds is 9. The van der Waals surface area contributed by atoms with Crippen molar-refractivity contribution < 1.29 is 39.3 Å². The normalized spacial score (nSPS) is 15.7. The molecule has 0 spiro atoms. The number of nitrogens with zero attached hydrogens (tertiary/aromatic N) is 1. The highest BCUT2D eigenvalue weighted by Gasteiger charge is 2.40. The van der Waals surface area contributed by atoms with Gasteiger partial charge in [-0.15, -0.1) is 0 Å². The number of alkyl halides is 3. The number of carbonyl (C=O) groups excluding carboxylic acids is 1. The Hall–Kier alpha value is -2.74. The summed E-state index contributed by atoms with van der Waals surface area (Å²) in [7, 11) is 2.30. The largest absolute Gasteiger partial charge is 1.00 e. The predicted molar refractivity (Wildman–Crippen MR) is 145 cm³/mol. The van der Waals surface area contributed by atoms with Crippen LogP contribution in [0.5, 0.6) is 0 Å². The average molecular weight is 582 g/mol. The van der Waals surface area contributed by atoms with E-state index in [1.165, 1.54) is 44.2 Å². The number of hydrogen-bond donors (Lipinski definition) is 1. The molecule has 3 aromatic rings. The lowest BCUT2D eigenvalue weighted by Gasteiger charge is -2.43. The molecular weight excluding hydrogens is 548 g/mol. The second-order valence-electron chi connectivity index (χ2n) is 10.2. The highest BCUT2D eigenvalue weighted by Crippen LogP contribution is 2.38. The van der Waals surface area contributed by atoms with Gasteiger partial charge in [-0.25, -0.2) is 0 Å². The third-order valence-corrected chi connectivity index (χ3v) is 7.74. The molecule has 0 saturated heterocycles. The molecule has 1 unspecified atom stereocenters. The first-order chi connectivity index (χ1) is 18.1. The summed E-state index contributed by atoms with van der Waals surface area (Å²) in [6.07, 6.45) is 4.37. The summed E-state index contributed by atoms with van der Waals surface area (Å²) >= 11 is 5.87. The van der Waals surface area contributed by atoms with Crippen LogP contribution in [-0.4, -0.2) is 36.6 Å². The molecule has 0 bridgehead atoms.